The van der Waals surface area contributed by atoms with Gasteiger partial charge in [0.05, 0.1) is 5.69 Å². The van der Waals surface area contributed by atoms with Gasteiger partial charge in [-0.25, -0.2) is 4.39 Å². The Bertz CT molecular complexity index is 202. The van der Waals surface area contributed by atoms with Crippen molar-refractivity contribution in [1.29, 1.82) is 0 Å². The van der Waals surface area contributed by atoms with Crippen molar-refractivity contribution in [3.05, 3.63) is 27.6 Å². The first kappa shape index (κ1) is 6.92. The molecule has 0 radical (unpaired) electrons. The second kappa shape index (κ2) is 3.10. The third-order valence-electron chi connectivity index (χ3n) is 0.961. The summed E-state index contributed by atoms with van der Waals surface area (Å²) in [5.74, 6) is 0. The maximum Gasteiger partial charge on any atom is 0.132 e. The molecule has 3 heteroatoms. The van der Waals surface area contributed by atoms with E-state index in [0.29, 0.717) is 5.69 Å². The highest BCUT2D eigenvalue weighted by molar-refractivity contribution is 14.1. The van der Waals surface area contributed by atoms with Crippen LogP contribution in [0.4, 0.5) is 4.39 Å². The van der Waals surface area contributed by atoms with Gasteiger partial charge in [-0.15, -0.1) is 0 Å². The molecule has 0 bridgehead atoms. The molecule has 1 aromatic heterocycles. The fourth-order valence-corrected chi connectivity index (χ4v) is 1.01. The van der Waals surface area contributed by atoms with E-state index >= 15 is 0 Å². The molecular weight excluding hydrogens is 232 g/mol. The molecule has 1 heterocycles. The zero-order chi connectivity index (χ0) is 6.69. The molecule has 0 saturated carbocycles. The fourth-order valence-electron chi connectivity index (χ4n) is 0.517. The maximum atomic E-state index is 11.9. The van der Waals surface area contributed by atoms with Crippen molar-refractivity contribution in [2.24, 2.45) is 0 Å². The predicted octanol–water partition coefficient (Wildman–Crippen LogP) is 2.16. The minimum atomic E-state index is -0.473. The summed E-state index contributed by atoms with van der Waals surface area (Å²) in [6, 6.07) is 3.63. The van der Waals surface area contributed by atoms with Crippen LogP contribution in [0.25, 0.3) is 0 Å². The molecule has 0 unspecified atom stereocenters. The van der Waals surface area contributed by atoms with Gasteiger partial charge in [0.25, 0.3) is 0 Å². The monoisotopic (exact) mass is 237 g/mol. The van der Waals surface area contributed by atoms with Gasteiger partial charge in [-0.2, -0.15) is 0 Å². The summed E-state index contributed by atoms with van der Waals surface area (Å²) in [4.78, 5) is 3.81. The Balaban J connectivity index is 3.01. The molecule has 9 heavy (non-hydrogen) atoms. The highest BCUT2D eigenvalue weighted by Gasteiger charge is 1.95. The first-order chi connectivity index (χ1) is 4.34. The molecule has 0 aliphatic rings. The van der Waals surface area contributed by atoms with E-state index in [4.69, 9.17) is 0 Å². The van der Waals surface area contributed by atoms with Gasteiger partial charge >= 0.3 is 0 Å². The number of pyridine rings is 1. The number of alkyl halides is 1. The molecule has 0 atom stereocenters. The highest BCUT2D eigenvalue weighted by atomic mass is 127. The highest BCUT2D eigenvalue weighted by Crippen LogP contribution is 2.08. The lowest BCUT2D eigenvalue weighted by Gasteiger charge is -1.93. The molecule has 1 rings (SSSR count). The van der Waals surface area contributed by atoms with Crippen molar-refractivity contribution in [2.75, 3.05) is 0 Å². The predicted molar refractivity (Wildman–Crippen MR) is 41.8 cm³/mol. The summed E-state index contributed by atoms with van der Waals surface area (Å²) in [5, 5.41) is 0. The largest absolute Gasteiger partial charge is 0.257 e. The minimum Gasteiger partial charge on any atom is -0.257 e. The van der Waals surface area contributed by atoms with Crippen molar-refractivity contribution in [3.8, 4) is 0 Å². The average Bonchev–Trinajstić information content (AvgIpc) is 1.89. The molecule has 0 N–H and O–H groups in total. The second-order valence-electron chi connectivity index (χ2n) is 1.57. The number of halogens is 2. The van der Waals surface area contributed by atoms with E-state index in [-0.39, 0.29) is 0 Å². The normalized spacial score (nSPS) is 9.56. The lowest BCUT2D eigenvalue weighted by Crippen LogP contribution is -1.87. The zero-order valence-electron chi connectivity index (χ0n) is 4.64. The van der Waals surface area contributed by atoms with Crippen LogP contribution in [-0.2, 0) is 6.67 Å². The third-order valence-corrected chi connectivity index (χ3v) is 1.94. The van der Waals surface area contributed by atoms with E-state index in [2.05, 4.69) is 27.6 Å². The molecule has 0 amide bonds. The summed E-state index contributed by atoms with van der Waals surface area (Å²) in [7, 11) is 0. The van der Waals surface area contributed by atoms with Crippen LogP contribution in [0.1, 0.15) is 5.69 Å². The average molecular weight is 237 g/mol. The summed E-state index contributed by atoms with van der Waals surface area (Å²) >= 11 is 2.06. The molecule has 0 spiro atoms. The van der Waals surface area contributed by atoms with Crippen LogP contribution in [0.2, 0.25) is 0 Å². The number of hydrogen-bond acceptors (Lipinski definition) is 1. The number of nitrogens with zero attached hydrogens (tertiary/aromatic N) is 1. The van der Waals surface area contributed by atoms with Gasteiger partial charge in [0.2, 0.25) is 0 Å². The Morgan fingerprint density at radius 2 is 2.44 bits per heavy atom. The van der Waals surface area contributed by atoms with E-state index in [1.54, 1.807) is 12.3 Å². The van der Waals surface area contributed by atoms with Gasteiger partial charge in [-0.05, 0) is 34.7 Å². The van der Waals surface area contributed by atoms with Crippen molar-refractivity contribution < 1.29 is 4.39 Å². The summed E-state index contributed by atoms with van der Waals surface area (Å²) in [5.41, 5.74) is 0.526. The van der Waals surface area contributed by atoms with Crippen molar-refractivity contribution >= 4 is 22.6 Å². The van der Waals surface area contributed by atoms with E-state index in [0.717, 1.165) is 3.57 Å². The van der Waals surface area contributed by atoms with Crippen LogP contribution in [-0.4, -0.2) is 4.98 Å². The molecule has 1 aromatic rings. The molecule has 0 aliphatic carbocycles. The minimum absolute atomic E-state index is 0.473. The van der Waals surface area contributed by atoms with Crippen LogP contribution in [0.3, 0.4) is 0 Å². The van der Waals surface area contributed by atoms with E-state index in [1.807, 2.05) is 6.07 Å². The molecule has 1 nitrogen and oxygen atoms in total. The molecule has 0 saturated heterocycles. The Hall–Kier alpha value is -0.190. The lowest BCUT2D eigenvalue weighted by atomic mass is 10.4. The number of aromatic nitrogens is 1. The quantitative estimate of drug-likeness (QED) is 0.682. The van der Waals surface area contributed by atoms with Gasteiger partial charge in [-0.3, -0.25) is 4.98 Å². The van der Waals surface area contributed by atoms with Crippen LogP contribution >= 0.6 is 22.6 Å². The Kier molecular flexibility index (Phi) is 2.38. The molecule has 0 aliphatic heterocycles. The fraction of sp³-hybridized carbons (Fsp3) is 0.167. The van der Waals surface area contributed by atoms with Crippen LogP contribution in [0, 0.1) is 3.57 Å². The van der Waals surface area contributed by atoms with Gasteiger partial charge in [0, 0.05) is 9.77 Å². The molecule has 48 valence electrons. The smallest absolute Gasteiger partial charge is 0.132 e. The summed E-state index contributed by atoms with van der Waals surface area (Å²) in [6.07, 6.45) is 1.59. The maximum absolute atomic E-state index is 11.9. The first-order valence-corrected chi connectivity index (χ1v) is 3.58. The lowest BCUT2D eigenvalue weighted by molar-refractivity contribution is 0.474. The SMILES string of the molecule is FCc1ncccc1I. The standard InChI is InChI=1S/C6H5FIN/c7-4-6-5(8)2-1-3-9-6/h1-3H,4H2. The van der Waals surface area contributed by atoms with E-state index in [9.17, 15) is 4.39 Å². The molecular formula is C6H5FIN. The summed E-state index contributed by atoms with van der Waals surface area (Å²) in [6.45, 7) is -0.473. The Morgan fingerprint density at radius 3 is 2.89 bits per heavy atom. The van der Waals surface area contributed by atoms with Crippen LogP contribution in [0.5, 0.6) is 0 Å². The summed E-state index contributed by atoms with van der Waals surface area (Å²) < 4.78 is 12.8. The van der Waals surface area contributed by atoms with Crippen LogP contribution < -0.4 is 0 Å². The topological polar surface area (TPSA) is 12.9 Å². The first-order valence-electron chi connectivity index (χ1n) is 2.50. The Labute approximate surface area is 66.4 Å². The van der Waals surface area contributed by atoms with Gasteiger partial charge < -0.3 is 0 Å². The zero-order valence-corrected chi connectivity index (χ0v) is 6.80. The molecule has 0 fully saturated rings. The van der Waals surface area contributed by atoms with Crippen molar-refractivity contribution in [3.63, 3.8) is 0 Å². The van der Waals surface area contributed by atoms with Gasteiger partial charge in [0.1, 0.15) is 6.67 Å². The number of hydrogen-bond donors (Lipinski definition) is 0. The van der Waals surface area contributed by atoms with Crippen molar-refractivity contribution in [1.82, 2.24) is 4.98 Å². The second-order valence-corrected chi connectivity index (χ2v) is 2.73. The van der Waals surface area contributed by atoms with E-state index < -0.39 is 6.67 Å². The van der Waals surface area contributed by atoms with Crippen LogP contribution in [0.15, 0.2) is 18.3 Å². The molecule has 0 aromatic carbocycles. The Morgan fingerprint density at radius 1 is 1.67 bits per heavy atom. The van der Waals surface area contributed by atoms with Gasteiger partial charge in [-0.1, -0.05) is 0 Å². The van der Waals surface area contributed by atoms with Gasteiger partial charge in [0.15, 0.2) is 0 Å². The number of rotatable bonds is 1. The van der Waals surface area contributed by atoms with Crippen molar-refractivity contribution in [2.45, 2.75) is 6.67 Å². The third kappa shape index (κ3) is 1.61. The van der Waals surface area contributed by atoms with E-state index in [1.165, 1.54) is 0 Å².